The molecule has 86 valence electrons. The van der Waals surface area contributed by atoms with Crippen molar-refractivity contribution in [2.75, 3.05) is 0 Å². The Morgan fingerprint density at radius 1 is 1.12 bits per heavy atom. The average Bonchev–Trinajstić information content (AvgIpc) is 2.74. The van der Waals surface area contributed by atoms with E-state index < -0.39 is 5.97 Å². The van der Waals surface area contributed by atoms with Crippen LogP contribution < -0.4 is 5.11 Å². The van der Waals surface area contributed by atoms with Gasteiger partial charge >= 0.3 is 0 Å². The van der Waals surface area contributed by atoms with Crippen LogP contribution in [-0.2, 0) is 11.3 Å². The Balaban J connectivity index is 2.16. The molecule has 17 heavy (non-hydrogen) atoms. The Morgan fingerprint density at radius 2 is 1.88 bits per heavy atom. The van der Waals surface area contributed by atoms with Gasteiger partial charge in [-0.2, -0.15) is 0 Å². The molecule has 0 unspecified atom stereocenters. The minimum atomic E-state index is -1.09. The van der Waals surface area contributed by atoms with E-state index in [1.807, 2.05) is 54.6 Å². The fourth-order valence-electron chi connectivity index (χ4n) is 1.61. The molecule has 0 saturated heterocycles. The lowest BCUT2D eigenvalue weighted by atomic mass is 10.2. The molecule has 0 aliphatic rings. The molecule has 0 aliphatic heterocycles. The highest BCUT2D eigenvalue weighted by Crippen LogP contribution is 2.09. The lowest BCUT2D eigenvalue weighted by Crippen LogP contribution is -2.27. The van der Waals surface area contributed by atoms with Gasteiger partial charge in [0, 0.05) is 11.9 Å². The molecule has 0 amide bonds. The van der Waals surface area contributed by atoms with Gasteiger partial charge in [0.1, 0.15) is 0 Å². The molecule has 1 heterocycles. The van der Waals surface area contributed by atoms with Gasteiger partial charge in [-0.3, -0.25) is 0 Å². The zero-order valence-corrected chi connectivity index (χ0v) is 9.24. The third-order valence-electron chi connectivity index (χ3n) is 2.41. The lowest BCUT2D eigenvalue weighted by Gasteiger charge is -2.06. The number of rotatable bonds is 4. The summed E-state index contributed by atoms with van der Waals surface area (Å²) in [6.07, 6.45) is 5.56. The fraction of sp³-hybridized carbons (Fsp3) is 0.0714. The van der Waals surface area contributed by atoms with Gasteiger partial charge in [-0.25, -0.2) is 0 Å². The van der Waals surface area contributed by atoms with Gasteiger partial charge in [-0.15, -0.1) is 0 Å². The van der Waals surface area contributed by atoms with Crippen LogP contribution >= 0.6 is 0 Å². The molecule has 2 rings (SSSR count). The maximum absolute atomic E-state index is 10.5. The minimum Gasteiger partial charge on any atom is -0.548 e. The summed E-state index contributed by atoms with van der Waals surface area (Å²) in [5, 5.41) is 10.5. The van der Waals surface area contributed by atoms with Gasteiger partial charge < -0.3 is 14.5 Å². The average molecular weight is 226 g/mol. The van der Waals surface area contributed by atoms with Crippen LogP contribution in [0, 0.1) is 0 Å². The van der Waals surface area contributed by atoms with Gasteiger partial charge in [-0.05, 0) is 23.8 Å². The highest BCUT2D eigenvalue weighted by Gasteiger charge is 1.96. The maximum atomic E-state index is 10.5. The van der Waals surface area contributed by atoms with Crippen LogP contribution in [0.25, 0.3) is 12.2 Å². The fourth-order valence-corrected chi connectivity index (χ4v) is 1.61. The van der Waals surface area contributed by atoms with E-state index in [9.17, 15) is 9.90 Å². The number of carboxylic acids is 1. The van der Waals surface area contributed by atoms with Crippen LogP contribution in [-0.4, -0.2) is 10.5 Å². The number of hydrogen-bond donors (Lipinski definition) is 0. The van der Waals surface area contributed by atoms with Crippen LogP contribution in [0.5, 0.6) is 0 Å². The Hall–Kier alpha value is -2.29. The van der Waals surface area contributed by atoms with Crippen molar-refractivity contribution in [3.63, 3.8) is 0 Å². The van der Waals surface area contributed by atoms with Crippen LogP contribution in [0.4, 0.5) is 0 Å². The van der Waals surface area contributed by atoms with Gasteiger partial charge in [0.15, 0.2) is 0 Å². The smallest absolute Gasteiger partial charge is 0.0621 e. The second kappa shape index (κ2) is 5.16. The van der Waals surface area contributed by atoms with E-state index in [1.165, 1.54) is 0 Å². The van der Waals surface area contributed by atoms with Crippen LogP contribution in [0.2, 0.25) is 0 Å². The molecule has 1 aromatic carbocycles. The van der Waals surface area contributed by atoms with Crippen molar-refractivity contribution in [2.45, 2.75) is 6.54 Å². The van der Waals surface area contributed by atoms with Crippen molar-refractivity contribution in [1.82, 2.24) is 4.57 Å². The number of aromatic nitrogens is 1. The molecule has 0 aliphatic carbocycles. The highest BCUT2D eigenvalue weighted by molar-refractivity contribution is 5.70. The zero-order chi connectivity index (χ0) is 12.1. The van der Waals surface area contributed by atoms with E-state index in [-0.39, 0.29) is 6.54 Å². The second-order valence-electron chi connectivity index (χ2n) is 3.68. The molecule has 0 bridgehead atoms. The monoisotopic (exact) mass is 226 g/mol. The summed E-state index contributed by atoms with van der Waals surface area (Å²) in [7, 11) is 0. The summed E-state index contributed by atoms with van der Waals surface area (Å²) in [6, 6.07) is 13.5. The van der Waals surface area contributed by atoms with Crippen molar-refractivity contribution in [3.8, 4) is 0 Å². The molecular weight excluding hydrogens is 214 g/mol. The number of nitrogens with zero attached hydrogens (tertiary/aromatic N) is 1. The second-order valence-corrected chi connectivity index (χ2v) is 3.68. The number of carbonyl (C=O) groups is 1. The van der Waals surface area contributed by atoms with Crippen LogP contribution in [0.1, 0.15) is 11.3 Å². The predicted molar refractivity (Wildman–Crippen MR) is 64.8 cm³/mol. The summed E-state index contributed by atoms with van der Waals surface area (Å²) in [4.78, 5) is 10.5. The Bertz CT molecular complexity index is 526. The number of aliphatic carboxylic acids is 1. The molecule has 0 saturated carbocycles. The molecule has 1 aromatic heterocycles. The first kappa shape index (κ1) is 11.2. The zero-order valence-electron chi connectivity index (χ0n) is 9.24. The minimum absolute atomic E-state index is 0.124. The molecule has 3 nitrogen and oxygen atoms in total. The summed E-state index contributed by atoms with van der Waals surface area (Å²) >= 11 is 0. The molecule has 0 N–H and O–H groups in total. The molecule has 0 radical (unpaired) electrons. The molecule has 0 fully saturated rings. The summed E-state index contributed by atoms with van der Waals surface area (Å²) in [5.74, 6) is -1.09. The number of carboxylic acid groups (broad SMARTS) is 1. The van der Waals surface area contributed by atoms with Gasteiger partial charge in [0.2, 0.25) is 0 Å². The van der Waals surface area contributed by atoms with Crippen LogP contribution in [0.15, 0.2) is 48.7 Å². The van der Waals surface area contributed by atoms with E-state index in [4.69, 9.17) is 0 Å². The van der Waals surface area contributed by atoms with E-state index >= 15 is 0 Å². The Labute approximate surface area is 99.6 Å². The lowest BCUT2D eigenvalue weighted by molar-refractivity contribution is -0.306. The van der Waals surface area contributed by atoms with E-state index in [0.29, 0.717) is 0 Å². The van der Waals surface area contributed by atoms with Gasteiger partial charge in [0.05, 0.1) is 12.5 Å². The maximum Gasteiger partial charge on any atom is 0.0621 e. The van der Waals surface area contributed by atoms with Crippen molar-refractivity contribution in [3.05, 3.63) is 59.9 Å². The SMILES string of the molecule is O=C([O-])Cn1cccc1/C=C/c1ccccc1. The van der Waals surface area contributed by atoms with Crippen LogP contribution in [0.3, 0.4) is 0 Å². The quantitative estimate of drug-likeness (QED) is 0.791. The number of hydrogen-bond acceptors (Lipinski definition) is 2. The third-order valence-corrected chi connectivity index (χ3v) is 2.41. The number of carbonyl (C=O) groups excluding carboxylic acids is 1. The Kier molecular flexibility index (Phi) is 3.40. The topological polar surface area (TPSA) is 45.1 Å². The molecular formula is C14H12NO2-. The first-order valence-electron chi connectivity index (χ1n) is 5.34. The van der Waals surface area contributed by atoms with E-state index in [0.717, 1.165) is 11.3 Å². The van der Waals surface area contributed by atoms with E-state index in [1.54, 1.807) is 10.8 Å². The number of benzene rings is 1. The summed E-state index contributed by atoms with van der Waals surface area (Å²) in [6.45, 7) is -0.124. The standard InChI is InChI=1S/C14H13NO2/c16-14(17)11-15-10-4-7-13(15)9-8-12-5-2-1-3-6-12/h1-10H,11H2,(H,16,17)/p-1/b9-8+. The van der Waals surface area contributed by atoms with Crippen molar-refractivity contribution in [2.24, 2.45) is 0 Å². The molecule has 0 spiro atoms. The van der Waals surface area contributed by atoms with Crippen molar-refractivity contribution >= 4 is 18.1 Å². The predicted octanol–water partition coefficient (Wildman–Crippen LogP) is 1.41. The first-order chi connectivity index (χ1) is 8.25. The normalized spacial score (nSPS) is 10.8. The summed E-state index contributed by atoms with van der Waals surface area (Å²) < 4.78 is 1.63. The molecule has 2 aromatic rings. The largest absolute Gasteiger partial charge is 0.548 e. The van der Waals surface area contributed by atoms with Crippen molar-refractivity contribution in [1.29, 1.82) is 0 Å². The van der Waals surface area contributed by atoms with E-state index in [2.05, 4.69) is 0 Å². The van der Waals surface area contributed by atoms with Gasteiger partial charge in [0.25, 0.3) is 0 Å². The van der Waals surface area contributed by atoms with Crippen molar-refractivity contribution < 1.29 is 9.90 Å². The highest BCUT2D eigenvalue weighted by atomic mass is 16.4. The molecule has 3 heteroatoms. The van der Waals surface area contributed by atoms with Gasteiger partial charge in [-0.1, -0.05) is 36.4 Å². The Morgan fingerprint density at radius 3 is 2.59 bits per heavy atom. The molecule has 0 atom stereocenters. The first-order valence-corrected chi connectivity index (χ1v) is 5.34. The third kappa shape index (κ3) is 3.08. The summed E-state index contributed by atoms with van der Waals surface area (Å²) in [5.41, 5.74) is 1.92.